The largest absolute Gasteiger partial charge is 0.451 e. The van der Waals surface area contributed by atoms with Crippen molar-refractivity contribution in [3.05, 3.63) is 11.9 Å². The van der Waals surface area contributed by atoms with E-state index in [1.54, 1.807) is 25.1 Å². The maximum Gasteiger partial charge on any atom is 0.451 e. The second-order valence-electron chi connectivity index (χ2n) is 5.57. The standard InChI is InChI=1S/C14H21F3N4/c1-18-11-8-12(20-13(19-11)14(15,16)17)21(2)9-10-6-4-3-5-7-10/h8,10H,3-7,9H2,1-2H3,(H,18,19,20). The molecule has 2 rings (SSSR count). The van der Waals surface area contributed by atoms with E-state index in [2.05, 4.69) is 15.3 Å². The number of rotatable bonds is 4. The Balaban J connectivity index is 2.17. The molecule has 0 saturated heterocycles. The average Bonchev–Trinajstić information content (AvgIpc) is 2.46. The van der Waals surface area contributed by atoms with Gasteiger partial charge in [0.1, 0.15) is 11.6 Å². The number of halogens is 3. The van der Waals surface area contributed by atoms with E-state index in [1.807, 2.05) is 0 Å². The summed E-state index contributed by atoms with van der Waals surface area (Å²) >= 11 is 0. The minimum atomic E-state index is -4.53. The van der Waals surface area contributed by atoms with Crippen LogP contribution in [0.4, 0.5) is 24.8 Å². The molecule has 1 heterocycles. The fraction of sp³-hybridized carbons (Fsp3) is 0.714. The summed E-state index contributed by atoms with van der Waals surface area (Å²) in [6.07, 6.45) is 1.42. The van der Waals surface area contributed by atoms with Crippen molar-refractivity contribution < 1.29 is 13.2 Å². The third-order valence-electron chi connectivity index (χ3n) is 3.87. The molecule has 1 saturated carbocycles. The first-order valence-corrected chi connectivity index (χ1v) is 7.25. The van der Waals surface area contributed by atoms with Gasteiger partial charge in [-0.3, -0.25) is 0 Å². The van der Waals surface area contributed by atoms with E-state index in [0.29, 0.717) is 11.7 Å². The van der Waals surface area contributed by atoms with Gasteiger partial charge in [-0.1, -0.05) is 19.3 Å². The van der Waals surface area contributed by atoms with Gasteiger partial charge in [-0.2, -0.15) is 13.2 Å². The highest BCUT2D eigenvalue weighted by Gasteiger charge is 2.35. The van der Waals surface area contributed by atoms with E-state index in [0.717, 1.165) is 19.4 Å². The fourth-order valence-corrected chi connectivity index (χ4v) is 2.74. The highest BCUT2D eigenvalue weighted by Crippen LogP contribution is 2.30. The molecule has 0 aliphatic heterocycles. The molecule has 7 heteroatoms. The lowest BCUT2D eigenvalue weighted by molar-refractivity contribution is -0.144. The third kappa shape index (κ3) is 4.22. The molecule has 1 aromatic heterocycles. The summed E-state index contributed by atoms with van der Waals surface area (Å²) in [7, 11) is 3.34. The molecule has 0 radical (unpaired) electrons. The molecular formula is C14H21F3N4. The molecule has 1 aliphatic carbocycles. The molecule has 0 unspecified atom stereocenters. The number of aromatic nitrogens is 2. The quantitative estimate of drug-likeness (QED) is 0.923. The smallest absolute Gasteiger partial charge is 0.373 e. The molecule has 0 bridgehead atoms. The van der Waals surface area contributed by atoms with Crippen LogP contribution in [0.25, 0.3) is 0 Å². The van der Waals surface area contributed by atoms with Gasteiger partial charge < -0.3 is 10.2 Å². The molecule has 0 aromatic carbocycles. The predicted octanol–water partition coefficient (Wildman–Crippen LogP) is 3.55. The highest BCUT2D eigenvalue weighted by atomic mass is 19.4. The van der Waals surface area contributed by atoms with E-state index in [9.17, 15) is 13.2 Å². The first-order valence-electron chi connectivity index (χ1n) is 7.25. The second kappa shape index (κ2) is 6.49. The van der Waals surface area contributed by atoms with Crippen LogP contribution in [0.5, 0.6) is 0 Å². The van der Waals surface area contributed by atoms with Crippen LogP contribution in [-0.4, -0.2) is 30.6 Å². The van der Waals surface area contributed by atoms with Crippen molar-refractivity contribution in [2.24, 2.45) is 5.92 Å². The van der Waals surface area contributed by atoms with Crippen LogP contribution >= 0.6 is 0 Å². The summed E-state index contributed by atoms with van der Waals surface area (Å²) in [5.74, 6) is -0.0685. The normalized spacial score (nSPS) is 16.8. The Morgan fingerprint density at radius 2 is 1.90 bits per heavy atom. The maximum absolute atomic E-state index is 12.8. The first-order chi connectivity index (χ1) is 9.90. The average molecular weight is 302 g/mol. The fourth-order valence-electron chi connectivity index (χ4n) is 2.74. The topological polar surface area (TPSA) is 41.0 Å². The van der Waals surface area contributed by atoms with Crippen molar-refractivity contribution in [3.63, 3.8) is 0 Å². The number of alkyl halides is 3. The lowest BCUT2D eigenvalue weighted by Gasteiger charge is -2.28. The molecule has 1 fully saturated rings. The van der Waals surface area contributed by atoms with Crippen molar-refractivity contribution >= 4 is 11.6 Å². The number of hydrogen-bond acceptors (Lipinski definition) is 4. The van der Waals surface area contributed by atoms with Gasteiger partial charge in [0.05, 0.1) is 0 Å². The van der Waals surface area contributed by atoms with Crippen LogP contribution in [-0.2, 0) is 6.18 Å². The van der Waals surface area contributed by atoms with Crippen molar-refractivity contribution in [1.82, 2.24) is 9.97 Å². The lowest BCUT2D eigenvalue weighted by Crippen LogP contribution is -2.28. The Labute approximate surface area is 122 Å². The summed E-state index contributed by atoms with van der Waals surface area (Å²) in [6.45, 7) is 0.734. The lowest BCUT2D eigenvalue weighted by atomic mass is 9.89. The molecular weight excluding hydrogens is 281 g/mol. The van der Waals surface area contributed by atoms with E-state index < -0.39 is 12.0 Å². The summed E-state index contributed by atoms with van der Waals surface area (Å²) in [6, 6.07) is 1.55. The van der Waals surface area contributed by atoms with Crippen LogP contribution in [0, 0.1) is 5.92 Å². The minimum Gasteiger partial charge on any atom is -0.373 e. The Morgan fingerprint density at radius 1 is 1.24 bits per heavy atom. The van der Waals surface area contributed by atoms with Crippen LogP contribution in [0.2, 0.25) is 0 Å². The van der Waals surface area contributed by atoms with Crippen molar-refractivity contribution in [1.29, 1.82) is 0 Å². The Hall–Kier alpha value is -1.53. The summed E-state index contributed by atoms with van der Waals surface area (Å²) in [4.78, 5) is 8.95. The van der Waals surface area contributed by atoms with Crippen LogP contribution in [0.15, 0.2) is 6.07 Å². The molecule has 1 N–H and O–H groups in total. The van der Waals surface area contributed by atoms with E-state index in [4.69, 9.17) is 0 Å². The molecule has 1 aliphatic rings. The monoisotopic (exact) mass is 302 g/mol. The van der Waals surface area contributed by atoms with Crippen LogP contribution in [0.3, 0.4) is 0 Å². The molecule has 4 nitrogen and oxygen atoms in total. The zero-order chi connectivity index (χ0) is 15.5. The highest BCUT2D eigenvalue weighted by molar-refractivity contribution is 5.49. The van der Waals surface area contributed by atoms with E-state index >= 15 is 0 Å². The van der Waals surface area contributed by atoms with Gasteiger partial charge in [-0.25, -0.2) is 9.97 Å². The first kappa shape index (κ1) is 15.9. The van der Waals surface area contributed by atoms with Gasteiger partial charge in [-0.05, 0) is 18.8 Å². The van der Waals surface area contributed by atoms with Gasteiger partial charge in [0.15, 0.2) is 0 Å². The number of nitrogens with one attached hydrogen (secondary N) is 1. The van der Waals surface area contributed by atoms with Crippen molar-refractivity contribution in [2.45, 2.75) is 38.3 Å². The van der Waals surface area contributed by atoms with E-state index in [-0.39, 0.29) is 5.82 Å². The van der Waals surface area contributed by atoms with Crippen molar-refractivity contribution in [2.75, 3.05) is 30.9 Å². The third-order valence-corrected chi connectivity index (χ3v) is 3.87. The molecule has 0 atom stereocenters. The zero-order valence-electron chi connectivity index (χ0n) is 12.4. The summed E-state index contributed by atoms with van der Waals surface area (Å²) in [5, 5.41) is 2.66. The number of hydrogen-bond donors (Lipinski definition) is 1. The van der Waals surface area contributed by atoms with Crippen molar-refractivity contribution in [3.8, 4) is 0 Å². The van der Waals surface area contributed by atoms with Gasteiger partial charge in [0.2, 0.25) is 5.82 Å². The molecule has 118 valence electrons. The summed E-state index contributed by atoms with van der Waals surface area (Å²) in [5.41, 5.74) is 0. The number of anilines is 2. The van der Waals surface area contributed by atoms with Crippen LogP contribution < -0.4 is 10.2 Å². The van der Waals surface area contributed by atoms with Gasteiger partial charge in [0.25, 0.3) is 0 Å². The van der Waals surface area contributed by atoms with Gasteiger partial charge in [0, 0.05) is 26.7 Å². The van der Waals surface area contributed by atoms with Crippen LogP contribution in [0.1, 0.15) is 37.9 Å². The second-order valence-corrected chi connectivity index (χ2v) is 5.57. The van der Waals surface area contributed by atoms with Gasteiger partial charge in [-0.15, -0.1) is 0 Å². The molecule has 21 heavy (non-hydrogen) atoms. The zero-order valence-corrected chi connectivity index (χ0v) is 12.4. The minimum absolute atomic E-state index is 0.183. The Bertz CT molecular complexity index is 470. The molecule has 0 spiro atoms. The summed E-state index contributed by atoms with van der Waals surface area (Å²) < 4.78 is 38.5. The predicted molar refractivity (Wildman–Crippen MR) is 76.4 cm³/mol. The molecule has 1 aromatic rings. The Morgan fingerprint density at radius 3 is 2.48 bits per heavy atom. The van der Waals surface area contributed by atoms with E-state index in [1.165, 1.54) is 19.3 Å². The maximum atomic E-state index is 12.8. The van der Waals surface area contributed by atoms with Gasteiger partial charge >= 0.3 is 6.18 Å². The Kier molecular flexibility index (Phi) is 4.90. The molecule has 0 amide bonds. The number of nitrogens with zero attached hydrogens (tertiary/aromatic N) is 3. The SMILES string of the molecule is CNc1cc(N(C)CC2CCCCC2)nc(C(F)(F)F)n1.